The topological polar surface area (TPSA) is 75.3 Å². The van der Waals surface area contributed by atoms with E-state index in [2.05, 4.69) is 20.9 Å². The van der Waals surface area contributed by atoms with Gasteiger partial charge in [-0.3, -0.25) is 4.79 Å². The first-order valence-corrected chi connectivity index (χ1v) is 13.2. The molecule has 0 aliphatic rings. The smallest absolute Gasteiger partial charge is 0.236 e. The summed E-state index contributed by atoms with van der Waals surface area (Å²) in [7, 11) is 0. The fourth-order valence-electron chi connectivity index (χ4n) is 3.11. The molecule has 1 amide bonds. The first-order valence-electron chi connectivity index (χ1n) is 10.9. The Morgan fingerprint density at radius 2 is 1.63 bits per heavy atom. The highest BCUT2D eigenvalue weighted by atomic mass is 32.2. The summed E-state index contributed by atoms with van der Waals surface area (Å²) in [5.74, 6) is 1.02. The zero-order chi connectivity index (χ0) is 24.5. The van der Waals surface area contributed by atoms with E-state index in [9.17, 15) is 4.79 Å². The minimum Gasteiger partial charge on any atom is -0.494 e. The van der Waals surface area contributed by atoms with E-state index in [-0.39, 0.29) is 5.91 Å². The standard InChI is InChI=1S/C26H24N4O2S3/c1-2-32-21-12-8-18(9-13-21)23-16-35-26(29-23)30-24(31)17-34-22-14-10-20(11-15-22)28-25(33)27-19-6-4-3-5-7-19/h3-16H,2,17H2,1H3,(H2,27,28,33)(H,29,30,31). The number of nitrogens with one attached hydrogen (secondary N) is 3. The van der Waals surface area contributed by atoms with E-state index < -0.39 is 0 Å². The van der Waals surface area contributed by atoms with Crippen molar-refractivity contribution in [3.05, 3.63) is 84.2 Å². The summed E-state index contributed by atoms with van der Waals surface area (Å²) in [6, 6.07) is 25.3. The zero-order valence-corrected chi connectivity index (χ0v) is 21.4. The van der Waals surface area contributed by atoms with Gasteiger partial charge in [-0.1, -0.05) is 18.2 Å². The van der Waals surface area contributed by atoms with Crippen LogP contribution in [-0.2, 0) is 4.79 Å². The van der Waals surface area contributed by atoms with Gasteiger partial charge < -0.3 is 20.7 Å². The van der Waals surface area contributed by atoms with Gasteiger partial charge in [-0.25, -0.2) is 4.98 Å². The number of thioether (sulfide) groups is 1. The minimum atomic E-state index is -0.0990. The maximum atomic E-state index is 12.4. The summed E-state index contributed by atoms with van der Waals surface area (Å²) in [6.45, 7) is 2.58. The van der Waals surface area contributed by atoms with E-state index in [4.69, 9.17) is 17.0 Å². The molecule has 0 unspecified atom stereocenters. The zero-order valence-electron chi connectivity index (χ0n) is 19.0. The van der Waals surface area contributed by atoms with Gasteiger partial charge in [0.2, 0.25) is 5.91 Å². The van der Waals surface area contributed by atoms with Gasteiger partial charge in [-0.15, -0.1) is 23.1 Å². The molecule has 3 aromatic carbocycles. The Kier molecular flexibility index (Phi) is 8.72. The maximum Gasteiger partial charge on any atom is 0.236 e. The summed E-state index contributed by atoms with van der Waals surface area (Å²) in [5.41, 5.74) is 3.60. The Balaban J connectivity index is 1.23. The Hall–Kier alpha value is -3.40. The van der Waals surface area contributed by atoms with Crippen molar-refractivity contribution in [2.24, 2.45) is 0 Å². The van der Waals surface area contributed by atoms with Crippen molar-refractivity contribution in [3.63, 3.8) is 0 Å². The van der Waals surface area contributed by atoms with Gasteiger partial charge in [-0.05, 0) is 79.8 Å². The highest BCUT2D eigenvalue weighted by molar-refractivity contribution is 8.00. The molecule has 4 rings (SSSR count). The summed E-state index contributed by atoms with van der Waals surface area (Å²) in [6.07, 6.45) is 0. The highest BCUT2D eigenvalue weighted by Gasteiger charge is 2.09. The number of amides is 1. The van der Waals surface area contributed by atoms with E-state index in [1.54, 1.807) is 0 Å². The second-order valence-corrected chi connectivity index (χ2v) is 9.62. The molecule has 0 spiro atoms. The van der Waals surface area contributed by atoms with Gasteiger partial charge in [0.15, 0.2) is 10.2 Å². The molecule has 1 aromatic heterocycles. The SMILES string of the molecule is CCOc1ccc(-c2csc(NC(=O)CSc3ccc(NC(=S)Nc4ccccc4)cc3)n2)cc1. The highest BCUT2D eigenvalue weighted by Crippen LogP contribution is 2.27. The number of carbonyl (C=O) groups is 1. The van der Waals surface area contributed by atoms with Gasteiger partial charge in [0.05, 0.1) is 18.1 Å². The predicted octanol–water partition coefficient (Wildman–Crippen LogP) is 6.75. The summed E-state index contributed by atoms with van der Waals surface area (Å²) in [4.78, 5) is 17.9. The van der Waals surface area contributed by atoms with Crippen LogP contribution in [0.5, 0.6) is 5.75 Å². The third kappa shape index (κ3) is 7.54. The van der Waals surface area contributed by atoms with Gasteiger partial charge in [0.25, 0.3) is 0 Å². The number of carbonyl (C=O) groups excluding carboxylic acids is 1. The molecule has 0 aliphatic heterocycles. The lowest BCUT2D eigenvalue weighted by Crippen LogP contribution is -2.18. The molecule has 178 valence electrons. The van der Waals surface area contributed by atoms with Crippen LogP contribution in [0.1, 0.15) is 6.92 Å². The average Bonchev–Trinajstić information content (AvgIpc) is 3.33. The van der Waals surface area contributed by atoms with Crippen LogP contribution in [0.25, 0.3) is 11.3 Å². The van der Waals surface area contributed by atoms with Crippen LogP contribution in [0, 0.1) is 0 Å². The average molecular weight is 521 g/mol. The number of aromatic nitrogens is 1. The first kappa shape index (κ1) is 24.7. The lowest BCUT2D eigenvalue weighted by atomic mass is 10.2. The molecule has 3 N–H and O–H groups in total. The van der Waals surface area contributed by atoms with E-state index >= 15 is 0 Å². The normalized spacial score (nSPS) is 10.4. The van der Waals surface area contributed by atoms with E-state index in [1.165, 1.54) is 23.1 Å². The van der Waals surface area contributed by atoms with Crippen LogP contribution < -0.4 is 20.7 Å². The fraction of sp³-hybridized carbons (Fsp3) is 0.115. The Bertz CT molecular complexity index is 1260. The summed E-state index contributed by atoms with van der Waals surface area (Å²) >= 11 is 8.23. The van der Waals surface area contributed by atoms with Gasteiger partial charge in [0, 0.05) is 27.2 Å². The first-order chi connectivity index (χ1) is 17.1. The van der Waals surface area contributed by atoms with Gasteiger partial charge >= 0.3 is 0 Å². The second kappa shape index (κ2) is 12.3. The lowest BCUT2D eigenvalue weighted by Gasteiger charge is -2.11. The Labute approximate surface area is 218 Å². The van der Waals surface area contributed by atoms with E-state index in [1.807, 2.05) is 91.2 Å². The fourth-order valence-corrected chi connectivity index (χ4v) is 4.78. The molecule has 35 heavy (non-hydrogen) atoms. The predicted molar refractivity (Wildman–Crippen MR) is 151 cm³/mol. The molecule has 1 heterocycles. The van der Waals surface area contributed by atoms with Crippen LogP contribution in [0.2, 0.25) is 0 Å². The molecule has 0 saturated carbocycles. The molecule has 6 nitrogen and oxygen atoms in total. The summed E-state index contributed by atoms with van der Waals surface area (Å²) in [5, 5.41) is 12.2. The van der Waals surface area contributed by atoms with Crippen molar-refractivity contribution in [2.45, 2.75) is 11.8 Å². The minimum absolute atomic E-state index is 0.0990. The molecule has 9 heteroatoms. The third-order valence-electron chi connectivity index (χ3n) is 4.73. The van der Waals surface area contributed by atoms with Crippen molar-refractivity contribution in [1.29, 1.82) is 0 Å². The number of rotatable bonds is 9. The van der Waals surface area contributed by atoms with Crippen LogP contribution in [0.3, 0.4) is 0 Å². The number of thiazole rings is 1. The quantitative estimate of drug-likeness (QED) is 0.166. The molecule has 0 saturated heterocycles. The number of hydrogen-bond donors (Lipinski definition) is 3. The number of nitrogens with zero attached hydrogens (tertiary/aromatic N) is 1. The monoisotopic (exact) mass is 520 g/mol. The third-order valence-corrected chi connectivity index (χ3v) is 6.70. The van der Waals surface area contributed by atoms with E-state index in [0.29, 0.717) is 22.6 Å². The molecular weight excluding hydrogens is 497 g/mol. The number of thiocarbonyl (C=S) groups is 1. The Morgan fingerprint density at radius 1 is 0.943 bits per heavy atom. The van der Waals surface area contributed by atoms with Crippen molar-refractivity contribution in [3.8, 4) is 17.0 Å². The molecular formula is C26H24N4O2S3. The number of benzene rings is 3. The van der Waals surface area contributed by atoms with Crippen LogP contribution in [0.4, 0.5) is 16.5 Å². The molecule has 4 aromatic rings. The van der Waals surface area contributed by atoms with Crippen molar-refractivity contribution in [1.82, 2.24) is 4.98 Å². The number of hydrogen-bond acceptors (Lipinski definition) is 6. The largest absolute Gasteiger partial charge is 0.494 e. The maximum absolute atomic E-state index is 12.4. The molecule has 0 aliphatic carbocycles. The van der Waals surface area contributed by atoms with Crippen LogP contribution in [0.15, 0.2) is 89.1 Å². The van der Waals surface area contributed by atoms with Crippen LogP contribution >= 0.6 is 35.3 Å². The van der Waals surface area contributed by atoms with Gasteiger partial charge in [-0.2, -0.15) is 0 Å². The summed E-state index contributed by atoms with van der Waals surface area (Å²) < 4.78 is 5.47. The number of para-hydroxylation sites is 1. The Morgan fingerprint density at radius 3 is 2.31 bits per heavy atom. The van der Waals surface area contributed by atoms with Crippen molar-refractivity contribution >= 4 is 62.8 Å². The molecule has 0 fully saturated rings. The number of anilines is 3. The molecule has 0 atom stereocenters. The molecule has 0 bridgehead atoms. The number of ether oxygens (including phenoxy) is 1. The van der Waals surface area contributed by atoms with Crippen LogP contribution in [-0.4, -0.2) is 28.4 Å². The van der Waals surface area contributed by atoms with E-state index in [0.717, 1.165) is 33.3 Å². The van der Waals surface area contributed by atoms with Crippen molar-refractivity contribution < 1.29 is 9.53 Å². The lowest BCUT2D eigenvalue weighted by molar-refractivity contribution is -0.113. The molecule has 0 radical (unpaired) electrons. The van der Waals surface area contributed by atoms with Crippen molar-refractivity contribution in [2.75, 3.05) is 28.3 Å². The second-order valence-electron chi connectivity index (χ2n) is 7.30. The van der Waals surface area contributed by atoms with Gasteiger partial charge in [0.1, 0.15) is 5.75 Å².